The first-order valence-electron chi connectivity index (χ1n) is 29.1. The zero-order valence-electron chi connectivity index (χ0n) is 47.8. The quantitative estimate of drug-likeness (QED) is 0.172. The van der Waals surface area contributed by atoms with Gasteiger partial charge in [0.25, 0.3) is 0 Å². The topological polar surface area (TPSA) is 34.5 Å². The highest BCUT2D eigenvalue weighted by molar-refractivity contribution is 6.22. The third-order valence-electron chi connectivity index (χ3n) is 19.5. The predicted molar refractivity (Wildman–Crippen MR) is 342 cm³/mol. The number of para-hydroxylation sites is 4. The summed E-state index contributed by atoms with van der Waals surface area (Å²) in [6.07, 6.45) is 0. The number of nitrogens with zero attached hydrogens (tertiary/aromatic N) is 2. The van der Waals surface area contributed by atoms with Gasteiger partial charge in [-0.1, -0.05) is 181 Å². The van der Waals surface area contributed by atoms with Gasteiger partial charge in [-0.3, -0.25) is 0 Å². The van der Waals surface area contributed by atoms with Crippen LogP contribution in [-0.2, 0) is 16.2 Å². The minimum atomic E-state index is -0.376. The maximum absolute atomic E-state index is 7.09. The molecule has 0 unspecified atom stereocenters. The van der Waals surface area contributed by atoms with E-state index >= 15 is 0 Å². The van der Waals surface area contributed by atoms with Gasteiger partial charge < -0.3 is 18.3 Å². The van der Waals surface area contributed by atoms with Crippen molar-refractivity contribution in [3.05, 3.63) is 250 Å². The van der Waals surface area contributed by atoms with E-state index in [0.29, 0.717) is 0 Å². The molecule has 0 saturated heterocycles. The van der Waals surface area contributed by atoms with Gasteiger partial charge in [-0.15, -0.1) is 0 Å². The summed E-state index contributed by atoms with van der Waals surface area (Å²) in [6, 6.07) is 74.6. The zero-order valence-corrected chi connectivity index (χ0v) is 47.8. The second-order valence-corrected chi connectivity index (χ2v) is 25.3. The molecule has 0 amide bonds. The van der Waals surface area contributed by atoms with Gasteiger partial charge in [-0.2, -0.15) is 0 Å². The summed E-state index contributed by atoms with van der Waals surface area (Å²) in [5, 5.41) is 7.17. The molecule has 0 spiro atoms. The molecule has 0 radical (unpaired) electrons. The third kappa shape index (κ3) is 6.06. The average Bonchev–Trinajstić information content (AvgIpc) is 4.41. The lowest BCUT2D eigenvalue weighted by Gasteiger charge is -2.33. The molecule has 0 bridgehead atoms. The summed E-state index contributed by atoms with van der Waals surface area (Å²) in [6.45, 7) is 21.4. The van der Waals surface area contributed by atoms with Crippen molar-refractivity contribution in [2.24, 2.45) is 0 Å². The normalized spacial score (nSPS) is 14.9. The second-order valence-electron chi connectivity index (χ2n) is 25.3. The van der Waals surface area contributed by atoms with Gasteiger partial charge in [-0.25, -0.2) is 0 Å². The zero-order chi connectivity index (χ0) is 55.5. The second kappa shape index (κ2) is 16.2. The van der Waals surface area contributed by atoms with Gasteiger partial charge in [-0.05, 0) is 165 Å². The number of benzene rings is 11. The van der Waals surface area contributed by atoms with E-state index in [4.69, 9.17) is 8.83 Å². The maximum Gasteiger partial charge on any atom is 0.144 e. The van der Waals surface area contributed by atoms with Crippen LogP contribution in [0, 0.1) is 20.8 Å². The Balaban J connectivity index is 0.870. The first kappa shape index (κ1) is 47.4. The highest BCUT2D eigenvalue weighted by atomic mass is 16.3. The highest BCUT2D eigenvalue weighted by Gasteiger charge is 2.49. The summed E-state index contributed by atoms with van der Waals surface area (Å²) >= 11 is 0. The van der Waals surface area contributed by atoms with Gasteiger partial charge >= 0.3 is 0 Å². The Kier molecular flexibility index (Phi) is 9.35. The van der Waals surface area contributed by atoms with Crippen molar-refractivity contribution in [3.8, 4) is 50.2 Å². The van der Waals surface area contributed by atoms with Gasteiger partial charge in [0, 0.05) is 76.8 Å². The molecular formula is C78H60N2O2. The van der Waals surface area contributed by atoms with Crippen molar-refractivity contribution in [1.29, 1.82) is 0 Å². The lowest BCUT2D eigenvalue weighted by atomic mass is 9.72. The third-order valence-corrected chi connectivity index (χ3v) is 19.5. The van der Waals surface area contributed by atoms with Crippen molar-refractivity contribution < 1.29 is 8.83 Å². The van der Waals surface area contributed by atoms with Crippen LogP contribution in [0.25, 0.3) is 116 Å². The number of hydrogen-bond donors (Lipinski definition) is 0. The van der Waals surface area contributed by atoms with Crippen molar-refractivity contribution in [3.63, 3.8) is 0 Å². The molecule has 394 valence electrons. The van der Waals surface area contributed by atoms with E-state index in [0.717, 1.165) is 55.9 Å². The summed E-state index contributed by atoms with van der Waals surface area (Å²) in [5.74, 6) is 0. The van der Waals surface area contributed by atoms with Gasteiger partial charge in [0.15, 0.2) is 0 Å². The molecule has 3 aromatic heterocycles. The number of aryl methyl sites for hydroxylation is 3. The van der Waals surface area contributed by atoms with Crippen LogP contribution in [0.3, 0.4) is 0 Å². The van der Waals surface area contributed by atoms with Crippen LogP contribution in [0.2, 0.25) is 0 Å². The number of hydrogen-bond acceptors (Lipinski definition) is 3. The molecule has 17 rings (SSSR count). The number of fused-ring (bicyclic) bond motifs is 22. The minimum Gasteiger partial charge on any atom is -0.455 e. The van der Waals surface area contributed by atoms with E-state index in [1.165, 1.54) is 127 Å². The van der Waals surface area contributed by atoms with Crippen LogP contribution >= 0.6 is 0 Å². The number of rotatable bonds is 5. The van der Waals surface area contributed by atoms with Gasteiger partial charge in [0.1, 0.15) is 22.3 Å². The SMILES string of the molecule is Cc1cc(C)c(N(c2ccc3c(c2)C(C)(C)c2cc(-c4ccc5c6ccccc6n(-c6ccccc6)c5c4)c4oc5ccccc5c4c2-3)c2ccc3c(c2)C(C)(C)c2c4c(c5oc6ccccc6c5c2-3)-c2ccccc2C4(C)C)c(C)c1. The average molecular weight is 1060 g/mol. The van der Waals surface area contributed by atoms with E-state index in [2.05, 4.69) is 272 Å². The number of anilines is 3. The standard InChI is InChI=1S/C78H60N2O2/c1-43-37-44(2)73(45(3)38-43)79(49-33-36-54-60(41-49)78(8,9)71-67(54)69-56-26-16-20-30-65(56)82-75(69)70-52-24-13-17-27-58(52)77(6,7)72(70)71)48-32-35-53-59(40-48)76(4,5)61-42-57(74-68(66(53)61)55-25-15-19-29-64(55)81-74)46-31-34-51-50-23-14-18-28-62(50)80(63(51)39-46)47-21-11-10-12-22-47/h10-42H,1-9H3. The van der Waals surface area contributed by atoms with Crippen LogP contribution in [-0.4, -0.2) is 4.57 Å². The molecule has 0 saturated carbocycles. The molecule has 4 nitrogen and oxygen atoms in total. The minimum absolute atomic E-state index is 0.241. The van der Waals surface area contributed by atoms with Crippen LogP contribution < -0.4 is 4.90 Å². The lowest BCUT2D eigenvalue weighted by molar-refractivity contribution is 0.600. The summed E-state index contributed by atoms with van der Waals surface area (Å²) < 4.78 is 16.5. The van der Waals surface area contributed by atoms with Crippen molar-refractivity contribution in [1.82, 2.24) is 4.57 Å². The highest BCUT2D eigenvalue weighted by Crippen LogP contribution is 2.64. The molecular weight excluding hydrogens is 997 g/mol. The van der Waals surface area contributed by atoms with E-state index in [1.54, 1.807) is 0 Å². The fraction of sp³-hybridized carbons (Fsp3) is 0.154. The smallest absolute Gasteiger partial charge is 0.144 e. The van der Waals surface area contributed by atoms with Gasteiger partial charge in [0.2, 0.25) is 0 Å². The largest absolute Gasteiger partial charge is 0.455 e. The molecule has 11 aromatic carbocycles. The Bertz CT molecular complexity index is 5150. The van der Waals surface area contributed by atoms with Crippen molar-refractivity contribution in [2.75, 3.05) is 4.90 Å². The molecule has 0 N–H and O–H groups in total. The molecule has 4 heteroatoms. The molecule has 0 atom stereocenters. The first-order chi connectivity index (χ1) is 39.7. The van der Waals surface area contributed by atoms with E-state index in [-0.39, 0.29) is 16.2 Å². The Morgan fingerprint density at radius 1 is 0.378 bits per heavy atom. The Morgan fingerprint density at radius 2 is 0.915 bits per heavy atom. The Labute approximate surface area is 477 Å². The van der Waals surface area contributed by atoms with E-state index in [9.17, 15) is 0 Å². The van der Waals surface area contributed by atoms with Crippen LogP contribution in [0.15, 0.2) is 209 Å². The molecule has 0 fully saturated rings. The summed E-state index contributed by atoms with van der Waals surface area (Å²) in [5.41, 5.74) is 31.5. The Hall–Kier alpha value is -9.38. The number of aromatic nitrogens is 1. The summed E-state index contributed by atoms with van der Waals surface area (Å²) in [4.78, 5) is 2.56. The maximum atomic E-state index is 7.09. The van der Waals surface area contributed by atoms with Crippen LogP contribution in [0.4, 0.5) is 17.1 Å². The fourth-order valence-electron chi connectivity index (χ4n) is 16.0. The molecule has 14 aromatic rings. The van der Waals surface area contributed by atoms with Crippen LogP contribution in [0.5, 0.6) is 0 Å². The monoisotopic (exact) mass is 1060 g/mol. The lowest BCUT2D eigenvalue weighted by Crippen LogP contribution is -2.24. The number of furan rings is 2. The van der Waals surface area contributed by atoms with Crippen molar-refractivity contribution >= 4 is 82.7 Å². The molecule has 3 heterocycles. The molecule has 3 aliphatic carbocycles. The predicted octanol–water partition coefficient (Wildman–Crippen LogP) is 21.6. The molecule has 82 heavy (non-hydrogen) atoms. The molecule has 3 aliphatic rings. The fourth-order valence-corrected chi connectivity index (χ4v) is 16.0. The van der Waals surface area contributed by atoms with E-state index in [1.807, 2.05) is 0 Å². The first-order valence-corrected chi connectivity index (χ1v) is 29.1. The van der Waals surface area contributed by atoms with Crippen molar-refractivity contribution in [2.45, 2.75) is 78.6 Å². The Morgan fingerprint density at radius 3 is 1.62 bits per heavy atom. The van der Waals surface area contributed by atoms with E-state index < -0.39 is 0 Å². The van der Waals surface area contributed by atoms with Crippen LogP contribution in [0.1, 0.15) is 91.6 Å². The molecule has 0 aliphatic heterocycles. The van der Waals surface area contributed by atoms with Gasteiger partial charge in [0.05, 0.1) is 16.7 Å². The summed E-state index contributed by atoms with van der Waals surface area (Å²) in [7, 11) is 0.